The van der Waals surface area contributed by atoms with E-state index in [1.165, 1.54) is 0 Å². The molecule has 1 aliphatic carbocycles. The van der Waals surface area contributed by atoms with Gasteiger partial charge in [-0.05, 0) is 29.7 Å². The fourth-order valence-corrected chi connectivity index (χ4v) is 2.18. The van der Waals surface area contributed by atoms with E-state index in [0.717, 1.165) is 23.5 Å². The van der Waals surface area contributed by atoms with Crippen molar-refractivity contribution in [2.75, 3.05) is 13.7 Å². The predicted molar refractivity (Wildman–Crippen MR) is 75.8 cm³/mol. The van der Waals surface area contributed by atoms with E-state index in [9.17, 15) is 13.6 Å². The number of halogens is 2. The normalized spacial score (nSPS) is 17.5. The van der Waals surface area contributed by atoms with E-state index in [1.54, 1.807) is 19.3 Å². The first-order valence-electron chi connectivity index (χ1n) is 6.71. The van der Waals surface area contributed by atoms with Crippen molar-refractivity contribution >= 4 is 5.97 Å². The summed E-state index contributed by atoms with van der Waals surface area (Å²) in [6.07, 6.45) is 4.28. The summed E-state index contributed by atoms with van der Waals surface area (Å²) in [5, 5.41) is 8.74. The van der Waals surface area contributed by atoms with Crippen molar-refractivity contribution in [3.8, 4) is 5.75 Å². The summed E-state index contributed by atoms with van der Waals surface area (Å²) >= 11 is 0. The third-order valence-electron chi connectivity index (χ3n) is 3.51. The number of benzene rings is 1. The Kier molecular flexibility index (Phi) is 4.80. The van der Waals surface area contributed by atoms with Crippen LogP contribution < -0.4 is 4.74 Å². The largest absolute Gasteiger partial charge is 0.501 e. The number of rotatable bonds is 5. The maximum absolute atomic E-state index is 13.8. The lowest BCUT2D eigenvalue weighted by molar-refractivity contribution is 0.0695. The van der Waals surface area contributed by atoms with Crippen molar-refractivity contribution in [1.82, 2.24) is 0 Å². The second-order valence-corrected chi connectivity index (χ2v) is 5.05. The molecule has 0 saturated heterocycles. The highest BCUT2D eigenvalue weighted by atomic mass is 19.1. The summed E-state index contributed by atoms with van der Waals surface area (Å²) in [6.45, 7) is 1.98. The third kappa shape index (κ3) is 3.44. The van der Waals surface area contributed by atoms with Crippen LogP contribution >= 0.6 is 0 Å². The van der Waals surface area contributed by atoms with Gasteiger partial charge < -0.3 is 14.6 Å². The summed E-state index contributed by atoms with van der Waals surface area (Å²) in [6, 6.07) is 1.48. The van der Waals surface area contributed by atoms with Crippen molar-refractivity contribution in [1.29, 1.82) is 0 Å². The molecule has 0 aliphatic heterocycles. The summed E-state index contributed by atoms with van der Waals surface area (Å²) < 4.78 is 37.9. The molecule has 0 amide bonds. The third-order valence-corrected chi connectivity index (χ3v) is 3.51. The van der Waals surface area contributed by atoms with Gasteiger partial charge in [0.05, 0.1) is 18.4 Å². The average molecular weight is 310 g/mol. The molecule has 0 fully saturated rings. The Bertz CT molecular complexity index is 627. The van der Waals surface area contributed by atoms with Gasteiger partial charge in [-0.3, -0.25) is 0 Å². The van der Waals surface area contributed by atoms with Crippen LogP contribution in [0.25, 0.3) is 0 Å². The number of aromatic carboxylic acids is 1. The molecule has 0 bridgehead atoms. The monoisotopic (exact) mass is 310 g/mol. The molecule has 2 rings (SSSR count). The highest BCUT2D eigenvalue weighted by molar-refractivity contribution is 5.87. The molecule has 0 radical (unpaired) electrons. The van der Waals surface area contributed by atoms with Crippen LogP contribution in [0.3, 0.4) is 0 Å². The Morgan fingerprint density at radius 1 is 1.32 bits per heavy atom. The molecule has 118 valence electrons. The van der Waals surface area contributed by atoms with Gasteiger partial charge in [-0.15, -0.1) is 0 Å². The van der Waals surface area contributed by atoms with Crippen LogP contribution in [0.2, 0.25) is 0 Å². The minimum atomic E-state index is -1.40. The number of ether oxygens (including phenoxy) is 2. The molecule has 6 heteroatoms. The number of carboxylic acid groups (broad SMARTS) is 1. The van der Waals surface area contributed by atoms with Crippen molar-refractivity contribution < 1.29 is 28.2 Å². The first kappa shape index (κ1) is 16.0. The van der Waals surface area contributed by atoms with Crippen LogP contribution in [0.4, 0.5) is 8.78 Å². The molecular weight excluding hydrogens is 294 g/mol. The van der Waals surface area contributed by atoms with Crippen LogP contribution in [0, 0.1) is 17.6 Å². The number of allylic oxidation sites excluding steroid dienone is 3. The van der Waals surface area contributed by atoms with E-state index < -0.39 is 28.9 Å². The molecule has 1 aromatic carbocycles. The van der Waals surface area contributed by atoms with Crippen molar-refractivity contribution in [2.24, 2.45) is 5.92 Å². The van der Waals surface area contributed by atoms with Gasteiger partial charge in [-0.1, -0.05) is 13.0 Å². The maximum Gasteiger partial charge on any atom is 0.335 e. The molecule has 0 spiro atoms. The van der Waals surface area contributed by atoms with Gasteiger partial charge in [-0.2, -0.15) is 0 Å². The Balaban J connectivity index is 2.14. The van der Waals surface area contributed by atoms with Crippen LogP contribution in [0.15, 0.2) is 35.6 Å². The van der Waals surface area contributed by atoms with Crippen LogP contribution in [-0.2, 0) is 4.74 Å². The molecule has 22 heavy (non-hydrogen) atoms. The predicted octanol–water partition coefficient (Wildman–Crippen LogP) is 3.54. The van der Waals surface area contributed by atoms with E-state index in [1.807, 2.05) is 6.92 Å². The first-order chi connectivity index (χ1) is 10.4. The summed E-state index contributed by atoms with van der Waals surface area (Å²) in [5.41, 5.74) is 0.419. The van der Waals surface area contributed by atoms with Gasteiger partial charge in [0.2, 0.25) is 0 Å². The molecule has 1 unspecified atom stereocenters. The topological polar surface area (TPSA) is 55.8 Å². The molecule has 0 aromatic heterocycles. The smallest absolute Gasteiger partial charge is 0.335 e. The van der Waals surface area contributed by atoms with E-state index in [0.29, 0.717) is 6.42 Å². The van der Waals surface area contributed by atoms with Crippen LogP contribution in [0.5, 0.6) is 5.75 Å². The lowest BCUT2D eigenvalue weighted by Crippen LogP contribution is -2.14. The quantitative estimate of drug-likeness (QED) is 0.904. The summed E-state index contributed by atoms with van der Waals surface area (Å²) in [5.74, 6) is -3.07. The molecule has 4 nitrogen and oxygen atoms in total. The van der Waals surface area contributed by atoms with Gasteiger partial charge >= 0.3 is 5.97 Å². The van der Waals surface area contributed by atoms with Gasteiger partial charge in [0.25, 0.3) is 0 Å². The van der Waals surface area contributed by atoms with Gasteiger partial charge in [0, 0.05) is 6.42 Å². The molecule has 1 atom stereocenters. The summed E-state index contributed by atoms with van der Waals surface area (Å²) in [4.78, 5) is 10.7. The van der Waals surface area contributed by atoms with Gasteiger partial charge in [0.15, 0.2) is 17.4 Å². The minimum absolute atomic E-state index is 0.0227. The second kappa shape index (κ2) is 6.60. The van der Waals surface area contributed by atoms with Crippen molar-refractivity contribution in [2.45, 2.75) is 13.3 Å². The SMILES string of the molecule is COC1=CC=C(COc2c(F)cc(C(=O)O)cc2F)C(C)C1. The fraction of sp³-hybridized carbons (Fsp3) is 0.312. The number of methoxy groups -OCH3 is 1. The zero-order valence-corrected chi connectivity index (χ0v) is 12.2. The van der Waals surface area contributed by atoms with Gasteiger partial charge in [-0.25, -0.2) is 13.6 Å². The standard InChI is InChI=1S/C16H16F2O4/c1-9-5-12(21-2)4-3-10(9)8-22-15-13(17)6-11(16(19)20)7-14(15)18/h3-4,6-7,9H,5,8H2,1-2H3,(H,19,20). The van der Waals surface area contributed by atoms with E-state index >= 15 is 0 Å². The highest BCUT2D eigenvalue weighted by Gasteiger charge is 2.19. The van der Waals surface area contributed by atoms with Crippen LogP contribution in [-0.4, -0.2) is 24.8 Å². The second-order valence-electron chi connectivity index (χ2n) is 5.05. The van der Waals surface area contributed by atoms with E-state index in [2.05, 4.69) is 0 Å². The Labute approximate surface area is 126 Å². The Morgan fingerprint density at radius 2 is 1.95 bits per heavy atom. The van der Waals surface area contributed by atoms with Crippen molar-refractivity contribution in [3.63, 3.8) is 0 Å². The number of carboxylic acids is 1. The molecule has 0 heterocycles. The number of hydrogen-bond donors (Lipinski definition) is 1. The Morgan fingerprint density at radius 3 is 2.45 bits per heavy atom. The highest BCUT2D eigenvalue weighted by Crippen LogP contribution is 2.28. The molecule has 1 aromatic rings. The van der Waals surface area contributed by atoms with E-state index in [4.69, 9.17) is 14.6 Å². The average Bonchev–Trinajstić information content (AvgIpc) is 2.47. The molecule has 0 saturated carbocycles. The zero-order valence-electron chi connectivity index (χ0n) is 12.2. The molecule has 1 N–H and O–H groups in total. The van der Waals surface area contributed by atoms with Crippen LogP contribution in [0.1, 0.15) is 23.7 Å². The fourth-order valence-electron chi connectivity index (χ4n) is 2.18. The van der Waals surface area contributed by atoms with Gasteiger partial charge in [0.1, 0.15) is 6.61 Å². The Hall–Kier alpha value is -2.37. The molecule has 1 aliphatic rings. The van der Waals surface area contributed by atoms with E-state index in [-0.39, 0.29) is 12.5 Å². The lowest BCUT2D eigenvalue weighted by atomic mass is 9.93. The summed E-state index contributed by atoms with van der Waals surface area (Å²) in [7, 11) is 1.59. The number of hydrogen-bond acceptors (Lipinski definition) is 3. The van der Waals surface area contributed by atoms with Crippen molar-refractivity contribution in [3.05, 3.63) is 52.8 Å². The minimum Gasteiger partial charge on any atom is -0.501 e. The maximum atomic E-state index is 13.8. The molecular formula is C16H16F2O4. The lowest BCUT2D eigenvalue weighted by Gasteiger charge is -2.21. The first-order valence-corrected chi connectivity index (χ1v) is 6.71. The zero-order chi connectivity index (χ0) is 16.3. The number of carbonyl (C=O) groups is 1.